The summed E-state index contributed by atoms with van der Waals surface area (Å²) in [5.74, 6) is 0.227. The van der Waals surface area contributed by atoms with E-state index in [4.69, 9.17) is 0 Å². The van der Waals surface area contributed by atoms with Gasteiger partial charge in [-0.25, -0.2) is 0 Å². The zero-order valence-electron chi connectivity index (χ0n) is 12.5. The summed E-state index contributed by atoms with van der Waals surface area (Å²) in [5.41, 5.74) is 3.43. The molecule has 1 amide bonds. The first-order valence-corrected chi connectivity index (χ1v) is 7.41. The SMILES string of the molecule is Cc1ccc(N2CCC(NC3CC3)C2=O)cc1N(C)C. The van der Waals surface area contributed by atoms with Gasteiger partial charge in [0.25, 0.3) is 0 Å². The lowest BCUT2D eigenvalue weighted by Gasteiger charge is -2.22. The van der Waals surface area contributed by atoms with E-state index in [0.717, 1.165) is 18.7 Å². The highest BCUT2D eigenvalue weighted by Crippen LogP contribution is 2.29. The smallest absolute Gasteiger partial charge is 0.244 e. The van der Waals surface area contributed by atoms with Crippen molar-refractivity contribution in [2.24, 2.45) is 0 Å². The molecule has 0 aromatic heterocycles. The van der Waals surface area contributed by atoms with Crippen LogP contribution in [-0.2, 0) is 4.79 Å². The zero-order chi connectivity index (χ0) is 14.3. The van der Waals surface area contributed by atoms with Crippen LogP contribution in [0.3, 0.4) is 0 Å². The number of benzene rings is 1. The second kappa shape index (κ2) is 5.09. The van der Waals surface area contributed by atoms with Crippen LogP contribution in [-0.4, -0.2) is 38.6 Å². The van der Waals surface area contributed by atoms with Gasteiger partial charge in [-0.1, -0.05) is 6.07 Å². The van der Waals surface area contributed by atoms with Crippen molar-refractivity contribution in [3.05, 3.63) is 23.8 Å². The van der Waals surface area contributed by atoms with Gasteiger partial charge in [0.15, 0.2) is 0 Å². The van der Waals surface area contributed by atoms with Gasteiger partial charge in [0.05, 0.1) is 6.04 Å². The number of amides is 1. The Bertz CT molecular complexity index is 522. The summed E-state index contributed by atoms with van der Waals surface area (Å²) in [5, 5.41) is 3.45. The average molecular weight is 273 g/mol. The molecule has 2 fully saturated rings. The number of aryl methyl sites for hydroxylation is 1. The molecule has 3 rings (SSSR count). The molecule has 108 valence electrons. The summed E-state index contributed by atoms with van der Waals surface area (Å²) in [7, 11) is 4.07. The number of hydrogen-bond donors (Lipinski definition) is 1. The summed E-state index contributed by atoms with van der Waals surface area (Å²) in [6.45, 7) is 2.92. The Morgan fingerprint density at radius 3 is 2.65 bits per heavy atom. The van der Waals surface area contributed by atoms with Crippen LogP contribution in [0.4, 0.5) is 11.4 Å². The zero-order valence-corrected chi connectivity index (χ0v) is 12.5. The monoisotopic (exact) mass is 273 g/mol. The molecule has 1 heterocycles. The minimum atomic E-state index is 0.0200. The number of nitrogens with one attached hydrogen (secondary N) is 1. The maximum absolute atomic E-state index is 12.5. The fourth-order valence-corrected chi connectivity index (χ4v) is 2.87. The van der Waals surface area contributed by atoms with Crippen molar-refractivity contribution in [1.29, 1.82) is 0 Å². The molecule has 1 aromatic rings. The first kappa shape index (κ1) is 13.4. The van der Waals surface area contributed by atoms with Crippen LogP contribution in [0.1, 0.15) is 24.8 Å². The first-order chi connectivity index (χ1) is 9.56. The summed E-state index contributed by atoms with van der Waals surface area (Å²) < 4.78 is 0. The molecule has 2 aliphatic rings. The van der Waals surface area contributed by atoms with Gasteiger partial charge in [-0.3, -0.25) is 4.79 Å². The Morgan fingerprint density at radius 1 is 1.25 bits per heavy atom. The predicted octanol–water partition coefficient (Wildman–Crippen LogP) is 1.92. The average Bonchev–Trinajstić information content (AvgIpc) is 3.15. The number of rotatable bonds is 4. The number of carbonyl (C=O) groups excluding carboxylic acids is 1. The van der Waals surface area contributed by atoms with Gasteiger partial charge in [-0.05, 0) is 43.9 Å². The van der Waals surface area contributed by atoms with Crippen LogP contribution in [0.25, 0.3) is 0 Å². The molecule has 1 aromatic carbocycles. The Labute approximate surface area is 120 Å². The minimum Gasteiger partial charge on any atom is -0.377 e. The molecule has 1 aliphatic carbocycles. The minimum absolute atomic E-state index is 0.0200. The number of hydrogen-bond acceptors (Lipinski definition) is 3. The van der Waals surface area contributed by atoms with Gasteiger partial charge in [0, 0.05) is 38.1 Å². The Balaban J connectivity index is 1.79. The topological polar surface area (TPSA) is 35.6 Å². The van der Waals surface area contributed by atoms with E-state index in [9.17, 15) is 4.79 Å². The lowest BCUT2D eigenvalue weighted by molar-refractivity contribution is -0.118. The quantitative estimate of drug-likeness (QED) is 0.910. The molecular formula is C16H23N3O. The number of nitrogens with zero attached hydrogens (tertiary/aromatic N) is 2. The van der Waals surface area contributed by atoms with Gasteiger partial charge >= 0.3 is 0 Å². The van der Waals surface area contributed by atoms with Crippen molar-refractivity contribution in [3.63, 3.8) is 0 Å². The van der Waals surface area contributed by atoms with Crippen LogP contribution in [0.15, 0.2) is 18.2 Å². The van der Waals surface area contributed by atoms with Crippen molar-refractivity contribution in [1.82, 2.24) is 5.32 Å². The molecule has 4 heteroatoms. The maximum Gasteiger partial charge on any atom is 0.244 e. The molecule has 1 aliphatic heterocycles. The third-order valence-corrected chi connectivity index (χ3v) is 4.21. The van der Waals surface area contributed by atoms with E-state index < -0.39 is 0 Å². The maximum atomic E-state index is 12.5. The van der Waals surface area contributed by atoms with E-state index in [1.807, 2.05) is 19.0 Å². The molecule has 0 radical (unpaired) electrons. The summed E-state index contributed by atoms with van der Waals surface area (Å²) in [6.07, 6.45) is 3.36. The highest BCUT2D eigenvalue weighted by Gasteiger charge is 2.36. The summed E-state index contributed by atoms with van der Waals surface area (Å²) >= 11 is 0. The molecule has 1 unspecified atom stereocenters. The fourth-order valence-electron chi connectivity index (χ4n) is 2.87. The van der Waals surface area contributed by atoms with E-state index in [2.05, 4.69) is 35.3 Å². The molecule has 0 spiro atoms. The second-order valence-corrected chi connectivity index (χ2v) is 6.14. The van der Waals surface area contributed by atoms with E-state index >= 15 is 0 Å². The second-order valence-electron chi connectivity index (χ2n) is 6.14. The largest absolute Gasteiger partial charge is 0.377 e. The van der Waals surface area contributed by atoms with Crippen molar-refractivity contribution >= 4 is 17.3 Å². The van der Waals surface area contributed by atoms with Crippen LogP contribution >= 0.6 is 0 Å². The van der Waals surface area contributed by atoms with Gasteiger partial charge in [0.2, 0.25) is 5.91 Å². The van der Waals surface area contributed by atoms with Crippen LogP contribution in [0.5, 0.6) is 0 Å². The third kappa shape index (κ3) is 2.52. The molecule has 1 saturated carbocycles. The predicted molar refractivity (Wildman–Crippen MR) is 82.4 cm³/mol. The molecule has 20 heavy (non-hydrogen) atoms. The van der Waals surface area contributed by atoms with Crippen molar-refractivity contribution < 1.29 is 4.79 Å². The molecule has 1 atom stereocenters. The standard InChI is InChI=1S/C16H23N3O/c1-11-4-7-13(10-15(11)18(2)3)19-9-8-14(16(19)20)17-12-5-6-12/h4,7,10,12,14,17H,5-6,8-9H2,1-3H3. The van der Waals surface area contributed by atoms with Gasteiger partial charge in [-0.15, -0.1) is 0 Å². The van der Waals surface area contributed by atoms with Gasteiger partial charge in [-0.2, -0.15) is 0 Å². The number of carbonyl (C=O) groups is 1. The highest BCUT2D eigenvalue weighted by molar-refractivity contribution is 5.99. The van der Waals surface area contributed by atoms with Crippen molar-refractivity contribution in [2.75, 3.05) is 30.4 Å². The molecular weight excluding hydrogens is 250 g/mol. The first-order valence-electron chi connectivity index (χ1n) is 7.41. The van der Waals surface area contributed by atoms with Crippen molar-refractivity contribution in [2.45, 2.75) is 38.3 Å². The van der Waals surface area contributed by atoms with Crippen LogP contribution in [0, 0.1) is 6.92 Å². The summed E-state index contributed by atoms with van der Waals surface area (Å²) in [6, 6.07) is 6.87. The van der Waals surface area contributed by atoms with E-state index in [-0.39, 0.29) is 11.9 Å². The summed E-state index contributed by atoms with van der Waals surface area (Å²) in [4.78, 5) is 16.5. The fraction of sp³-hybridized carbons (Fsp3) is 0.562. The van der Waals surface area contributed by atoms with E-state index in [0.29, 0.717) is 6.04 Å². The molecule has 4 nitrogen and oxygen atoms in total. The Kier molecular flexibility index (Phi) is 3.42. The number of anilines is 2. The van der Waals surface area contributed by atoms with Crippen molar-refractivity contribution in [3.8, 4) is 0 Å². The van der Waals surface area contributed by atoms with Crippen LogP contribution in [0.2, 0.25) is 0 Å². The van der Waals surface area contributed by atoms with Gasteiger partial charge in [0.1, 0.15) is 0 Å². The lowest BCUT2D eigenvalue weighted by Crippen LogP contribution is -2.39. The Hall–Kier alpha value is -1.55. The Morgan fingerprint density at radius 2 is 2.00 bits per heavy atom. The molecule has 0 bridgehead atoms. The molecule has 1 N–H and O–H groups in total. The highest BCUT2D eigenvalue weighted by atomic mass is 16.2. The normalized spacial score (nSPS) is 22.4. The lowest BCUT2D eigenvalue weighted by atomic mass is 10.1. The third-order valence-electron chi connectivity index (χ3n) is 4.21. The van der Waals surface area contributed by atoms with E-state index in [1.54, 1.807) is 0 Å². The van der Waals surface area contributed by atoms with Gasteiger partial charge < -0.3 is 15.1 Å². The van der Waals surface area contributed by atoms with Crippen LogP contribution < -0.4 is 15.1 Å². The molecule has 1 saturated heterocycles. The van der Waals surface area contributed by atoms with E-state index in [1.165, 1.54) is 24.1 Å².